The van der Waals surface area contributed by atoms with E-state index in [9.17, 15) is 37.7 Å². The number of nitro benzene ring substituents is 1. The molecule has 0 aliphatic rings. The molecule has 0 heterocycles. The molecule has 0 aliphatic heterocycles. The fraction of sp³-hybridized carbons (Fsp3) is 0.160. The number of carbonyl (C=O) groups is 3. The molecule has 0 spiro atoms. The van der Waals surface area contributed by atoms with Crippen LogP contribution in [-0.4, -0.2) is 22.6 Å². The average molecular weight is 535 g/mol. The van der Waals surface area contributed by atoms with Crippen molar-refractivity contribution in [3.63, 3.8) is 0 Å². The zero-order valence-corrected chi connectivity index (χ0v) is 19.6. The van der Waals surface area contributed by atoms with E-state index in [1.807, 2.05) is 0 Å². The molecule has 37 heavy (non-hydrogen) atoms. The standard InChI is InChI=1S/C25H18ClF3N2O6/c26-19-11-8-17(25(27,28)29)14-20(19)30-21(32)12-13-22(33)37-24(23(34)15-4-2-1-3-5-15)16-6-9-18(10-7-16)31(35)36/h1-11,14,24H,12-13H2,(H,30,32)/t24-/m1/s1. The van der Waals surface area contributed by atoms with Gasteiger partial charge in [-0.2, -0.15) is 13.2 Å². The van der Waals surface area contributed by atoms with Crippen LogP contribution in [0.5, 0.6) is 0 Å². The Morgan fingerprint density at radius 3 is 2.22 bits per heavy atom. The minimum absolute atomic E-state index is 0.129. The summed E-state index contributed by atoms with van der Waals surface area (Å²) in [5.41, 5.74) is -1.13. The van der Waals surface area contributed by atoms with Crippen LogP contribution < -0.4 is 5.32 Å². The number of amides is 1. The molecule has 1 atom stereocenters. The topological polar surface area (TPSA) is 116 Å². The maximum absolute atomic E-state index is 13.0. The van der Waals surface area contributed by atoms with Crippen molar-refractivity contribution < 1.29 is 37.2 Å². The third-order valence-electron chi connectivity index (χ3n) is 5.08. The summed E-state index contributed by atoms with van der Waals surface area (Å²) in [5.74, 6) is -2.35. The Morgan fingerprint density at radius 1 is 0.973 bits per heavy atom. The number of nitrogens with zero attached hydrogens (tertiary/aromatic N) is 1. The molecule has 1 N–H and O–H groups in total. The van der Waals surface area contributed by atoms with Gasteiger partial charge in [-0.05, 0) is 30.3 Å². The van der Waals surface area contributed by atoms with Crippen molar-refractivity contribution >= 4 is 40.6 Å². The fourth-order valence-electron chi connectivity index (χ4n) is 3.21. The first-order chi connectivity index (χ1) is 17.5. The van der Waals surface area contributed by atoms with Gasteiger partial charge in [0.05, 0.1) is 27.6 Å². The Labute approximate surface area is 213 Å². The van der Waals surface area contributed by atoms with Crippen molar-refractivity contribution in [1.82, 2.24) is 0 Å². The lowest BCUT2D eigenvalue weighted by Crippen LogP contribution is -2.21. The summed E-state index contributed by atoms with van der Waals surface area (Å²) in [7, 11) is 0. The number of halogens is 4. The lowest BCUT2D eigenvalue weighted by atomic mass is 9.99. The molecular formula is C25H18ClF3N2O6. The second-order valence-corrected chi connectivity index (χ2v) is 8.10. The highest BCUT2D eigenvalue weighted by Crippen LogP contribution is 2.34. The highest BCUT2D eigenvalue weighted by molar-refractivity contribution is 6.33. The summed E-state index contributed by atoms with van der Waals surface area (Å²) in [6, 6.07) is 15.2. The molecule has 12 heteroatoms. The van der Waals surface area contributed by atoms with E-state index >= 15 is 0 Å². The zero-order valence-electron chi connectivity index (χ0n) is 18.8. The molecule has 1 amide bonds. The first-order valence-electron chi connectivity index (χ1n) is 10.7. The number of non-ortho nitro benzene ring substituents is 1. The van der Waals surface area contributed by atoms with Gasteiger partial charge in [-0.1, -0.05) is 41.9 Å². The van der Waals surface area contributed by atoms with Gasteiger partial charge in [-0.15, -0.1) is 0 Å². The van der Waals surface area contributed by atoms with Crippen molar-refractivity contribution in [2.75, 3.05) is 5.32 Å². The summed E-state index contributed by atoms with van der Waals surface area (Å²) in [6.07, 6.45) is -7.07. The normalized spacial score (nSPS) is 11.9. The number of esters is 1. The van der Waals surface area contributed by atoms with E-state index in [1.165, 1.54) is 24.3 Å². The summed E-state index contributed by atoms with van der Waals surface area (Å²) >= 11 is 5.86. The molecule has 0 aliphatic carbocycles. The molecule has 8 nitrogen and oxygen atoms in total. The quantitative estimate of drug-likeness (QED) is 0.152. The smallest absolute Gasteiger partial charge is 0.416 e. The van der Waals surface area contributed by atoms with Crippen LogP contribution in [0.15, 0.2) is 72.8 Å². The van der Waals surface area contributed by atoms with Crippen molar-refractivity contribution in [3.8, 4) is 0 Å². The molecule has 0 saturated carbocycles. The summed E-state index contributed by atoms with van der Waals surface area (Å²) in [6.45, 7) is 0. The zero-order chi connectivity index (χ0) is 27.2. The van der Waals surface area contributed by atoms with E-state index in [4.69, 9.17) is 16.3 Å². The number of carbonyl (C=O) groups excluding carboxylic acids is 3. The van der Waals surface area contributed by atoms with Gasteiger partial charge in [0, 0.05) is 29.7 Å². The van der Waals surface area contributed by atoms with Crippen LogP contribution in [0.25, 0.3) is 0 Å². The predicted octanol–water partition coefficient (Wildman–Crippen LogP) is 6.15. The Morgan fingerprint density at radius 2 is 1.62 bits per heavy atom. The highest BCUT2D eigenvalue weighted by Gasteiger charge is 2.31. The molecule has 0 aromatic heterocycles. The van der Waals surface area contributed by atoms with Crippen LogP contribution in [0, 0.1) is 10.1 Å². The van der Waals surface area contributed by atoms with Gasteiger partial charge in [0.1, 0.15) is 0 Å². The predicted molar refractivity (Wildman–Crippen MR) is 127 cm³/mol. The van der Waals surface area contributed by atoms with E-state index in [0.29, 0.717) is 6.07 Å². The average Bonchev–Trinajstić information content (AvgIpc) is 2.87. The molecule has 0 unspecified atom stereocenters. The monoisotopic (exact) mass is 534 g/mol. The molecule has 0 radical (unpaired) electrons. The van der Waals surface area contributed by atoms with Crippen LogP contribution in [0.3, 0.4) is 0 Å². The molecular weight excluding hydrogens is 517 g/mol. The minimum Gasteiger partial charge on any atom is -0.449 e. The van der Waals surface area contributed by atoms with Crippen LogP contribution in [0.2, 0.25) is 5.02 Å². The van der Waals surface area contributed by atoms with Gasteiger partial charge in [-0.25, -0.2) is 0 Å². The van der Waals surface area contributed by atoms with E-state index < -0.39 is 53.3 Å². The van der Waals surface area contributed by atoms with Gasteiger partial charge < -0.3 is 10.1 Å². The number of rotatable bonds is 9. The van der Waals surface area contributed by atoms with Crippen LogP contribution >= 0.6 is 11.6 Å². The van der Waals surface area contributed by atoms with E-state index in [1.54, 1.807) is 18.2 Å². The van der Waals surface area contributed by atoms with Gasteiger partial charge in [0.2, 0.25) is 11.7 Å². The van der Waals surface area contributed by atoms with Crippen molar-refractivity contribution in [2.45, 2.75) is 25.1 Å². The van der Waals surface area contributed by atoms with Gasteiger partial charge in [0.15, 0.2) is 6.10 Å². The number of nitrogens with one attached hydrogen (secondary N) is 1. The molecule has 0 bridgehead atoms. The number of hydrogen-bond donors (Lipinski definition) is 1. The van der Waals surface area contributed by atoms with E-state index in [0.717, 1.165) is 24.3 Å². The van der Waals surface area contributed by atoms with Gasteiger partial charge in [-0.3, -0.25) is 24.5 Å². The SMILES string of the molecule is O=C(CCC(=O)O[C@@H](C(=O)c1ccccc1)c1ccc([N+](=O)[O-])cc1)Nc1cc(C(F)(F)F)ccc1Cl. The molecule has 0 saturated heterocycles. The number of hydrogen-bond acceptors (Lipinski definition) is 6. The minimum atomic E-state index is -4.65. The lowest BCUT2D eigenvalue weighted by Gasteiger charge is -2.17. The van der Waals surface area contributed by atoms with Gasteiger partial charge >= 0.3 is 12.1 Å². The number of Topliss-reactive ketones (excluding diaryl/α,β-unsaturated/α-hetero) is 1. The summed E-state index contributed by atoms with van der Waals surface area (Å²) in [5, 5.41) is 13.0. The number of alkyl halides is 3. The van der Waals surface area contributed by atoms with Crippen molar-refractivity contribution in [1.29, 1.82) is 0 Å². The fourth-order valence-corrected chi connectivity index (χ4v) is 3.38. The first-order valence-corrected chi connectivity index (χ1v) is 11.0. The Hall–Kier alpha value is -4.25. The molecule has 3 rings (SSSR count). The number of ketones is 1. The van der Waals surface area contributed by atoms with E-state index in [2.05, 4.69) is 5.32 Å². The van der Waals surface area contributed by atoms with Crippen LogP contribution in [0.4, 0.5) is 24.5 Å². The Balaban J connectivity index is 1.70. The number of benzene rings is 3. The molecule has 192 valence electrons. The third kappa shape index (κ3) is 7.37. The Bertz CT molecular complexity index is 1310. The summed E-state index contributed by atoms with van der Waals surface area (Å²) < 4.78 is 44.1. The number of ether oxygens (including phenoxy) is 1. The van der Waals surface area contributed by atoms with Crippen molar-refractivity contribution in [2.24, 2.45) is 0 Å². The maximum atomic E-state index is 13.0. The maximum Gasteiger partial charge on any atom is 0.416 e. The first kappa shape index (κ1) is 27.3. The van der Waals surface area contributed by atoms with Crippen molar-refractivity contribution in [3.05, 3.63) is 105 Å². The summed E-state index contributed by atoms with van der Waals surface area (Å²) in [4.78, 5) is 48.1. The lowest BCUT2D eigenvalue weighted by molar-refractivity contribution is -0.384. The largest absolute Gasteiger partial charge is 0.449 e. The molecule has 3 aromatic carbocycles. The molecule has 0 fully saturated rings. The van der Waals surface area contributed by atoms with Crippen LogP contribution in [-0.2, 0) is 20.5 Å². The van der Waals surface area contributed by atoms with Crippen LogP contribution in [0.1, 0.15) is 40.4 Å². The third-order valence-corrected chi connectivity index (χ3v) is 5.41. The Kier molecular flexibility index (Phi) is 8.61. The second kappa shape index (κ2) is 11.7. The number of nitro groups is 1. The number of anilines is 1. The molecule has 3 aromatic rings. The van der Waals surface area contributed by atoms with E-state index in [-0.39, 0.29) is 27.5 Å². The van der Waals surface area contributed by atoms with Gasteiger partial charge in [0.25, 0.3) is 5.69 Å². The highest BCUT2D eigenvalue weighted by atomic mass is 35.5. The second-order valence-electron chi connectivity index (χ2n) is 7.69.